The summed E-state index contributed by atoms with van der Waals surface area (Å²) in [5.41, 5.74) is 0. The molecule has 1 fully saturated rings. The van der Waals surface area contributed by atoms with Crippen LogP contribution in [0, 0.1) is 0 Å². The van der Waals surface area contributed by atoms with E-state index < -0.39 is 25.3 Å². The summed E-state index contributed by atoms with van der Waals surface area (Å²) in [4.78, 5) is 20.8. The van der Waals surface area contributed by atoms with E-state index in [9.17, 15) is 14.0 Å². The minimum absolute atomic E-state index is 0.0156. The van der Waals surface area contributed by atoms with E-state index in [-0.39, 0.29) is 13.2 Å². The molecule has 1 aliphatic rings. The van der Waals surface area contributed by atoms with E-state index in [0.29, 0.717) is 0 Å². The van der Waals surface area contributed by atoms with Gasteiger partial charge >= 0.3 is 12.3 Å². The van der Waals surface area contributed by atoms with Crippen LogP contribution in [0.4, 0.5) is 14.0 Å². The molecule has 0 saturated carbocycles. The summed E-state index contributed by atoms with van der Waals surface area (Å²) in [6.45, 7) is -1.44. The first-order valence-corrected chi connectivity index (χ1v) is 3.41. The third-order valence-corrected chi connectivity index (χ3v) is 1.21. The number of hydrogen-bond donors (Lipinski definition) is 0. The zero-order valence-electron chi connectivity index (χ0n) is 6.53. The standard InChI is InChI=1S/C6H7FO6/c7-3-12-5(8)10-1-4-2-11-6(9)13-4/h4H,1-3H2. The lowest BCUT2D eigenvalue weighted by atomic mass is 10.4. The number of alkyl halides is 1. The molecule has 1 aliphatic heterocycles. The van der Waals surface area contributed by atoms with Gasteiger partial charge in [0.15, 0.2) is 6.10 Å². The first-order valence-electron chi connectivity index (χ1n) is 3.41. The molecule has 0 aromatic carbocycles. The van der Waals surface area contributed by atoms with Gasteiger partial charge in [-0.25, -0.2) is 14.0 Å². The van der Waals surface area contributed by atoms with Gasteiger partial charge in [-0.3, -0.25) is 0 Å². The number of carbonyl (C=O) groups is 2. The van der Waals surface area contributed by atoms with Gasteiger partial charge in [-0.1, -0.05) is 0 Å². The van der Waals surface area contributed by atoms with Gasteiger partial charge in [0.25, 0.3) is 0 Å². The highest BCUT2D eigenvalue weighted by Gasteiger charge is 2.26. The van der Waals surface area contributed by atoms with Crippen molar-refractivity contribution in [3.05, 3.63) is 0 Å². The Balaban J connectivity index is 2.12. The molecule has 0 aromatic heterocycles. The second-order valence-electron chi connectivity index (χ2n) is 2.12. The molecule has 0 amide bonds. The number of hydrogen-bond acceptors (Lipinski definition) is 6. The average molecular weight is 194 g/mol. The normalized spacial score (nSPS) is 20.4. The summed E-state index contributed by atoms with van der Waals surface area (Å²) in [5, 5.41) is 0. The van der Waals surface area contributed by atoms with Crippen molar-refractivity contribution in [1.29, 1.82) is 0 Å². The second kappa shape index (κ2) is 4.48. The number of rotatable bonds is 3. The van der Waals surface area contributed by atoms with Crippen molar-refractivity contribution in [1.82, 2.24) is 0 Å². The van der Waals surface area contributed by atoms with E-state index in [0.717, 1.165) is 0 Å². The molecule has 1 atom stereocenters. The van der Waals surface area contributed by atoms with Crippen molar-refractivity contribution in [3.63, 3.8) is 0 Å². The number of cyclic esters (lactones) is 2. The summed E-state index contributed by atoms with van der Waals surface area (Å²) in [7, 11) is 0. The molecule has 0 aliphatic carbocycles. The van der Waals surface area contributed by atoms with E-state index in [4.69, 9.17) is 0 Å². The van der Waals surface area contributed by atoms with E-state index in [2.05, 4.69) is 18.9 Å². The Morgan fingerprint density at radius 1 is 1.62 bits per heavy atom. The Kier molecular flexibility index (Phi) is 3.30. The molecular weight excluding hydrogens is 187 g/mol. The Bertz CT molecular complexity index is 205. The van der Waals surface area contributed by atoms with E-state index in [1.165, 1.54) is 0 Å². The zero-order chi connectivity index (χ0) is 9.68. The fourth-order valence-electron chi connectivity index (χ4n) is 0.694. The maximum Gasteiger partial charge on any atom is 0.510 e. The SMILES string of the molecule is O=C(OCF)OCC1COC(=O)O1. The van der Waals surface area contributed by atoms with Crippen LogP contribution in [0.3, 0.4) is 0 Å². The number of halogens is 1. The molecule has 1 heterocycles. The van der Waals surface area contributed by atoms with Crippen LogP contribution in [0.15, 0.2) is 0 Å². The highest BCUT2D eigenvalue weighted by Crippen LogP contribution is 2.06. The fourth-order valence-corrected chi connectivity index (χ4v) is 0.694. The van der Waals surface area contributed by atoms with Gasteiger partial charge in [0, 0.05) is 0 Å². The monoisotopic (exact) mass is 194 g/mol. The summed E-state index contributed by atoms with van der Waals surface area (Å²) in [5.74, 6) is 0. The van der Waals surface area contributed by atoms with E-state index in [1.54, 1.807) is 0 Å². The minimum Gasteiger partial charge on any atom is -0.430 e. The maximum atomic E-state index is 11.4. The highest BCUT2D eigenvalue weighted by atomic mass is 19.1. The Morgan fingerprint density at radius 2 is 2.38 bits per heavy atom. The largest absolute Gasteiger partial charge is 0.510 e. The molecule has 0 spiro atoms. The molecule has 1 unspecified atom stereocenters. The van der Waals surface area contributed by atoms with Gasteiger partial charge in [0.2, 0.25) is 6.86 Å². The molecule has 0 bridgehead atoms. The van der Waals surface area contributed by atoms with Gasteiger partial charge in [-0.05, 0) is 0 Å². The van der Waals surface area contributed by atoms with Gasteiger partial charge in [-0.15, -0.1) is 0 Å². The summed E-state index contributed by atoms with van der Waals surface area (Å²) < 4.78 is 28.4. The van der Waals surface area contributed by atoms with Crippen molar-refractivity contribution in [2.75, 3.05) is 20.1 Å². The van der Waals surface area contributed by atoms with Gasteiger partial charge in [0.05, 0.1) is 0 Å². The predicted octanol–water partition coefficient (Wildman–Crippen LogP) is 0.602. The fraction of sp³-hybridized carbons (Fsp3) is 0.667. The van der Waals surface area contributed by atoms with Crippen LogP contribution in [0.2, 0.25) is 0 Å². The van der Waals surface area contributed by atoms with Crippen LogP contribution < -0.4 is 0 Å². The molecule has 1 rings (SSSR count). The average Bonchev–Trinajstić information content (AvgIpc) is 2.49. The Hall–Kier alpha value is -1.53. The predicted molar refractivity (Wildman–Crippen MR) is 34.6 cm³/mol. The third kappa shape index (κ3) is 3.14. The van der Waals surface area contributed by atoms with Gasteiger partial charge < -0.3 is 18.9 Å². The summed E-state index contributed by atoms with van der Waals surface area (Å²) >= 11 is 0. The summed E-state index contributed by atoms with van der Waals surface area (Å²) in [6, 6.07) is 0. The second-order valence-corrected chi connectivity index (χ2v) is 2.12. The number of ether oxygens (including phenoxy) is 4. The zero-order valence-corrected chi connectivity index (χ0v) is 6.53. The van der Waals surface area contributed by atoms with Crippen molar-refractivity contribution in [2.45, 2.75) is 6.10 Å². The lowest BCUT2D eigenvalue weighted by Crippen LogP contribution is -2.21. The number of carbonyl (C=O) groups excluding carboxylic acids is 2. The molecular formula is C6H7FO6. The third-order valence-electron chi connectivity index (χ3n) is 1.21. The lowest BCUT2D eigenvalue weighted by molar-refractivity contribution is 0.00555. The van der Waals surface area contributed by atoms with Crippen molar-refractivity contribution < 1.29 is 32.9 Å². The van der Waals surface area contributed by atoms with Crippen molar-refractivity contribution >= 4 is 12.3 Å². The van der Waals surface area contributed by atoms with Crippen LogP contribution >= 0.6 is 0 Å². The first-order chi connectivity index (χ1) is 6.22. The molecule has 0 N–H and O–H groups in total. The van der Waals surface area contributed by atoms with Crippen molar-refractivity contribution in [2.24, 2.45) is 0 Å². The molecule has 74 valence electrons. The molecule has 13 heavy (non-hydrogen) atoms. The maximum absolute atomic E-state index is 11.4. The molecule has 0 radical (unpaired) electrons. The van der Waals surface area contributed by atoms with Crippen molar-refractivity contribution in [3.8, 4) is 0 Å². The Morgan fingerprint density at radius 3 is 2.92 bits per heavy atom. The molecule has 0 aromatic rings. The molecule has 1 saturated heterocycles. The smallest absolute Gasteiger partial charge is 0.430 e. The molecule has 7 heteroatoms. The van der Waals surface area contributed by atoms with Gasteiger partial charge in [-0.2, -0.15) is 0 Å². The highest BCUT2D eigenvalue weighted by molar-refractivity contribution is 5.62. The lowest BCUT2D eigenvalue weighted by Gasteiger charge is -2.06. The quantitative estimate of drug-likeness (QED) is 0.612. The van der Waals surface area contributed by atoms with Crippen LogP contribution in [-0.2, 0) is 18.9 Å². The van der Waals surface area contributed by atoms with E-state index >= 15 is 0 Å². The Labute approximate surface area is 72.5 Å². The van der Waals surface area contributed by atoms with Crippen LogP contribution in [-0.4, -0.2) is 38.5 Å². The van der Waals surface area contributed by atoms with Crippen LogP contribution in [0.1, 0.15) is 0 Å². The minimum atomic E-state index is -1.25. The van der Waals surface area contributed by atoms with Crippen LogP contribution in [0.25, 0.3) is 0 Å². The molecule has 6 nitrogen and oxygen atoms in total. The van der Waals surface area contributed by atoms with Gasteiger partial charge in [0.1, 0.15) is 13.2 Å². The summed E-state index contributed by atoms with van der Waals surface area (Å²) in [6.07, 6.45) is -2.60. The topological polar surface area (TPSA) is 71.1 Å². The van der Waals surface area contributed by atoms with E-state index in [1.807, 2.05) is 0 Å². The first kappa shape index (κ1) is 9.56. The van der Waals surface area contributed by atoms with Crippen LogP contribution in [0.5, 0.6) is 0 Å².